The van der Waals surface area contributed by atoms with E-state index in [1.807, 2.05) is 0 Å². The first-order valence-corrected chi connectivity index (χ1v) is 6.74. The summed E-state index contributed by atoms with van der Waals surface area (Å²) in [6.07, 6.45) is 0. The van der Waals surface area contributed by atoms with Crippen LogP contribution in [0.25, 0.3) is 0 Å². The van der Waals surface area contributed by atoms with Crippen LogP contribution in [0.15, 0.2) is 36.4 Å². The maximum Gasteiger partial charge on any atom is 0.349 e. The zero-order valence-corrected chi connectivity index (χ0v) is 11.8. The van der Waals surface area contributed by atoms with Crippen LogP contribution in [0.1, 0.15) is 41.4 Å². The third-order valence-electron chi connectivity index (χ3n) is 3.73. The molecule has 8 heteroatoms. The predicted molar refractivity (Wildman–Crippen MR) is 77.9 cm³/mol. The number of fused-ring (bicyclic) bond motifs is 2. The van der Waals surface area contributed by atoms with Gasteiger partial charge in [0.25, 0.3) is 0 Å². The van der Waals surface area contributed by atoms with Gasteiger partial charge >= 0.3 is 23.9 Å². The van der Waals surface area contributed by atoms with Gasteiger partial charge < -0.3 is 19.7 Å². The Bertz CT molecular complexity index is 963. The van der Waals surface area contributed by atoms with Gasteiger partial charge in [0.05, 0.1) is 22.3 Å². The number of esters is 4. The molecule has 2 heterocycles. The maximum absolute atomic E-state index is 12.6. The molecule has 0 N–H and O–H groups in total. The van der Waals surface area contributed by atoms with E-state index in [2.05, 4.69) is 9.47 Å². The molecule has 0 amide bonds. The van der Waals surface area contributed by atoms with Crippen molar-refractivity contribution in [2.24, 2.45) is 0 Å². The van der Waals surface area contributed by atoms with Crippen LogP contribution in [-0.2, 0) is 9.47 Å². The van der Waals surface area contributed by atoms with E-state index in [-0.39, 0.29) is 33.6 Å². The Morgan fingerprint density at radius 3 is 2.21 bits per heavy atom. The number of anilines is 2. The number of hydrogen-bond donors (Lipinski definition) is 0. The summed E-state index contributed by atoms with van der Waals surface area (Å²) in [5, 5.41) is 13.0. The van der Waals surface area contributed by atoms with Gasteiger partial charge in [0, 0.05) is 11.4 Å². The standard InChI is InChI=1S/C16H6NO7/c18-13-8-5-4-7(6-10(8)15(20)23-13)17(22)11-3-1-2-9-12(11)16(21)24-14(9)19/h1-6H/q-1. The first kappa shape index (κ1) is 14.1. The molecule has 0 radical (unpaired) electrons. The molecule has 0 saturated heterocycles. The molecule has 0 bridgehead atoms. The van der Waals surface area contributed by atoms with Crippen LogP contribution in [0.3, 0.4) is 0 Å². The molecule has 4 rings (SSSR count). The summed E-state index contributed by atoms with van der Waals surface area (Å²) in [4.78, 5) is 46.4. The number of benzene rings is 2. The van der Waals surface area contributed by atoms with Crippen molar-refractivity contribution in [1.82, 2.24) is 0 Å². The van der Waals surface area contributed by atoms with E-state index in [0.717, 1.165) is 0 Å². The van der Waals surface area contributed by atoms with Crippen LogP contribution < -0.4 is 5.06 Å². The van der Waals surface area contributed by atoms with E-state index in [9.17, 15) is 24.4 Å². The second-order valence-electron chi connectivity index (χ2n) is 5.08. The highest BCUT2D eigenvalue weighted by Crippen LogP contribution is 2.35. The van der Waals surface area contributed by atoms with Crippen LogP contribution in [0, 0.1) is 5.21 Å². The molecule has 118 valence electrons. The molecule has 0 aliphatic carbocycles. The van der Waals surface area contributed by atoms with Crippen molar-refractivity contribution in [2.75, 3.05) is 5.06 Å². The molecule has 0 saturated carbocycles. The first-order valence-electron chi connectivity index (χ1n) is 6.74. The van der Waals surface area contributed by atoms with Gasteiger partial charge in [-0.25, -0.2) is 19.2 Å². The van der Waals surface area contributed by atoms with E-state index in [0.29, 0.717) is 5.06 Å². The molecule has 0 fully saturated rings. The van der Waals surface area contributed by atoms with Crippen molar-refractivity contribution in [3.63, 3.8) is 0 Å². The first-order chi connectivity index (χ1) is 11.5. The molecule has 0 aromatic heterocycles. The van der Waals surface area contributed by atoms with E-state index in [1.54, 1.807) is 0 Å². The molecule has 24 heavy (non-hydrogen) atoms. The summed E-state index contributed by atoms with van der Waals surface area (Å²) in [6.45, 7) is 0. The highest BCUT2D eigenvalue weighted by molar-refractivity contribution is 6.18. The molecule has 0 spiro atoms. The fourth-order valence-corrected chi connectivity index (χ4v) is 2.62. The van der Waals surface area contributed by atoms with Crippen LogP contribution in [0.4, 0.5) is 11.4 Å². The van der Waals surface area contributed by atoms with Crippen LogP contribution in [-0.4, -0.2) is 23.9 Å². The minimum absolute atomic E-state index is 0.000879. The number of rotatable bonds is 2. The summed E-state index contributed by atoms with van der Waals surface area (Å²) < 4.78 is 8.96. The van der Waals surface area contributed by atoms with Gasteiger partial charge in [0.15, 0.2) is 0 Å². The lowest BCUT2D eigenvalue weighted by atomic mass is 10.1. The second-order valence-corrected chi connectivity index (χ2v) is 5.08. The molecule has 2 aromatic rings. The smallest absolute Gasteiger partial charge is 0.349 e. The van der Waals surface area contributed by atoms with Gasteiger partial charge in [-0.3, -0.25) is 0 Å². The predicted octanol–water partition coefficient (Wildman–Crippen LogP) is 1.94. The second kappa shape index (κ2) is 4.74. The molecular formula is C16H6NO7-. The van der Waals surface area contributed by atoms with Gasteiger partial charge in [-0.2, -0.15) is 0 Å². The largest absolute Gasteiger partial charge is 0.754 e. The van der Waals surface area contributed by atoms with Gasteiger partial charge in [-0.15, -0.1) is 0 Å². The highest BCUT2D eigenvalue weighted by atomic mass is 16.6. The van der Waals surface area contributed by atoms with Crippen molar-refractivity contribution in [2.45, 2.75) is 0 Å². The molecular weight excluding hydrogens is 318 g/mol. The number of nitrogens with zero attached hydrogens (tertiary/aromatic N) is 1. The SMILES string of the molecule is O=C1OC(=O)c2cc(N([O-])c3cccc4c3C(=O)OC4=O)ccc21. The van der Waals surface area contributed by atoms with E-state index < -0.39 is 23.9 Å². The third kappa shape index (κ3) is 1.83. The van der Waals surface area contributed by atoms with Crippen LogP contribution in [0.5, 0.6) is 0 Å². The van der Waals surface area contributed by atoms with Gasteiger partial charge in [0.2, 0.25) is 0 Å². The average Bonchev–Trinajstić information content (AvgIpc) is 3.03. The molecule has 2 aliphatic heterocycles. The Balaban J connectivity index is 1.82. The maximum atomic E-state index is 12.6. The fraction of sp³-hybridized carbons (Fsp3) is 0. The fourth-order valence-electron chi connectivity index (χ4n) is 2.62. The zero-order valence-electron chi connectivity index (χ0n) is 11.8. The minimum Gasteiger partial charge on any atom is -0.754 e. The normalized spacial score (nSPS) is 15.0. The van der Waals surface area contributed by atoms with Gasteiger partial charge in [-0.1, -0.05) is 6.07 Å². The van der Waals surface area contributed by atoms with Crippen molar-refractivity contribution in [3.8, 4) is 0 Å². The Hall–Kier alpha value is -3.52. The summed E-state index contributed by atoms with van der Waals surface area (Å²) in [5.41, 5.74) is -0.220. The zero-order chi connectivity index (χ0) is 17.0. The number of hydrogen-bond acceptors (Lipinski definition) is 8. The van der Waals surface area contributed by atoms with Crippen molar-refractivity contribution in [3.05, 3.63) is 63.9 Å². The number of carbonyl (C=O) groups is 4. The molecule has 2 aromatic carbocycles. The number of carbonyl (C=O) groups excluding carboxylic acids is 4. The van der Waals surface area contributed by atoms with Crippen molar-refractivity contribution >= 4 is 35.3 Å². The monoisotopic (exact) mass is 324 g/mol. The number of ether oxygens (including phenoxy) is 2. The molecule has 0 atom stereocenters. The molecule has 2 aliphatic rings. The van der Waals surface area contributed by atoms with Crippen LogP contribution in [0.2, 0.25) is 0 Å². The van der Waals surface area contributed by atoms with E-state index in [1.165, 1.54) is 36.4 Å². The molecule has 8 nitrogen and oxygen atoms in total. The summed E-state index contributed by atoms with van der Waals surface area (Å²) >= 11 is 0. The third-order valence-corrected chi connectivity index (χ3v) is 3.73. The Morgan fingerprint density at radius 1 is 0.750 bits per heavy atom. The van der Waals surface area contributed by atoms with Gasteiger partial charge in [-0.05, 0) is 30.3 Å². The quantitative estimate of drug-likeness (QED) is 0.468. The molecule has 0 unspecified atom stereocenters. The lowest BCUT2D eigenvalue weighted by molar-refractivity contribution is 0.0425. The van der Waals surface area contributed by atoms with E-state index in [4.69, 9.17) is 0 Å². The summed E-state index contributed by atoms with van der Waals surface area (Å²) in [7, 11) is 0. The van der Waals surface area contributed by atoms with Gasteiger partial charge in [0.1, 0.15) is 0 Å². The van der Waals surface area contributed by atoms with Crippen molar-refractivity contribution in [1.29, 1.82) is 0 Å². The Labute approximate surface area is 133 Å². The summed E-state index contributed by atoms with van der Waals surface area (Å²) in [6, 6.07) is 7.95. The highest BCUT2D eigenvalue weighted by Gasteiger charge is 2.33. The Morgan fingerprint density at radius 2 is 1.42 bits per heavy atom. The topological polar surface area (TPSA) is 113 Å². The van der Waals surface area contributed by atoms with E-state index >= 15 is 0 Å². The summed E-state index contributed by atoms with van der Waals surface area (Å²) in [5.74, 6) is -3.37. The Kier molecular flexibility index (Phi) is 2.78. The van der Waals surface area contributed by atoms with Crippen LogP contribution >= 0.6 is 0 Å². The number of cyclic esters (lactones) is 4. The average molecular weight is 324 g/mol. The van der Waals surface area contributed by atoms with Crippen molar-refractivity contribution < 1.29 is 28.7 Å². The lowest BCUT2D eigenvalue weighted by Crippen LogP contribution is -2.12. The minimum atomic E-state index is -0.915. The lowest BCUT2D eigenvalue weighted by Gasteiger charge is -2.31.